The fourth-order valence-corrected chi connectivity index (χ4v) is 4.08. The van der Waals surface area contributed by atoms with E-state index >= 15 is 0 Å². The van der Waals surface area contributed by atoms with Crippen LogP contribution in [0, 0.1) is 6.92 Å². The van der Waals surface area contributed by atoms with Crippen molar-refractivity contribution >= 4 is 28.6 Å². The number of rotatable bonds is 6. The normalized spacial score (nSPS) is 18.9. The number of nitrogens with one attached hydrogen (secondary N) is 1. The Hall–Kier alpha value is -3.43. The standard InChI is InChI=1S/C20H26N10O/c1-12(2)30-13(3)24-14-10-23-19(9-16(14)30)25-18-5-7-22-20(26-18)29-8-6-17(31-4)15(11-29)27-28-21/h5,7,9-10,12,15,17H,6,8,11H2,1-4H3,(H,22,23,25,26). The topological polar surface area (TPSA) is 130 Å². The Morgan fingerprint density at radius 3 is 2.87 bits per heavy atom. The van der Waals surface area contributed by atoms with Gasteiger partial charge >= 0.3 is 0 Å². The maximum Gasteiger partial charge on any atom is 0.227 e. The van der Waals surface area contributed by atoms with Crippen LogP contribution in [-0.2, 0) is 4.74 Å². The first kappa shape index (κ1) is 20.8. The quantitative estimate of drug-likeness (QED) is 0.363. The highest BCUT2D eigenvalue weighted by molar-refractivity contribution is 5.79. The van der Waals surface area contributed by atoms with Crippen molar-refractivity contribution in [2.24, 2.45) is 5.11 Å². The van der Waals surface area contributed by atoms with Crippen molar-refractivity contribution in [1.29, 1.82) is 0 Å². The first-order chi connectivity index (χ1) is 15.0. The van der Waals surface area contributed by atoms with Crippen LogP contribution in [-0.4, -0.2) is 56.8 Å². The summed E-state index contributed by atoms with van der Waals surface area (Å²) in [6.45, 7) is 7.49. The minimum Gasteiger partial charge on any atom is -0.381 e. The number of fused-ring (bicyclic) bond motifs is 1. The second-order valence-corrected chi connectivity index (χ2v) is 7.83. The van der Waals surface area contributed by atoms with Crippen molar-refractivity contribution in [1.82, 2.24) is 24.5 Å². The van der Waals surface area contributed by atoms with Crippen LogP contribution in [0.3, 0.4) is 0 Å². The van der Waals surface area contributed by atoms with Gasteiger partial charge in [-0.15, -0.1) is 0 Å². The number of piperidine rings is 1. The summed E-state index contributed by atoms with van der Waals surface area (Å²) in [4.78, 5) is 23.1. The average molecular weight is 422 g/mol. The number of ether oxygens (including phenoxy) is 1. The van der Waals surface area contributed by atoms with Crippen LogP contribution >= 0.6 is 0 Å². The van der Waals surface area contributed by atoms with E-state index in [1.807, 2.05) is 17.9 Å². The number of hydrogen-bond acceptors (Lipinski definition) is 8. The molecule has 0 saturated carbocycles. The molecule has 2 atom stereocenters. The van der Waals surface area contributed by atoms with E-state index in [0.717, 1.165) is 29.8 Å². The zero-order valence-corrected chi connectivity index (χ0v) is 18.1. The molecule has 0 radical (unpaired) electrons. The molecule has 31 heavy (non-hydrogen) atoms. The lowest BCUT2D eigenvalue weighted by Crippen LogP contribution is -2.47. The highest BCUT2D eigenvalue weighted by Gasteiger charge is 2.29. The van der Waals surface area contributed by atoms with E-state index in [1.165, 1.54) is 0 Å². The van der Waals surface area contributed by atoms with Gasteiger partial charge in [0.1, 0.15) is 23.0 Å². The summed E-state index contributed by atoms with van der Waals surface area (Å²) in [5.41, 5.74) is 10.7. The summed E-state index contributed by atoms with van der Waals surface area (Å²) in [5.74, 6) is 2.85. The third-order valence-electron chi connectivity index (χ3n) is 5.47. The van der Waals surface area contributed by atoms with E-state index < -0.39 is 0 Å². The lowest BCUT2D eigenvalue weighted by molar-refractivity contribution is 0.0663. The van der Waals surface area contributed by atoms with E-state index in [4.69, 9.17) is 10.3 Å². The van der Waals surface area contributed by atoms with Gasteiger partial charge in [-0.05, 0) is 38.8 Å². The summed E-state index contributed by atoms with van der Waals surface area (Å²) < 4.78 is 7.63. The van der Waals surface area contributed by atoms with E-state index in [0.29, 0.717) is 30.2 Å². The van der Waals surface area contributed by atoms with E-state index in [9.17, 15) is 0 Å². The first-order valence-corrected chi connectivity index (χ1v) is 10.3. The summed E-state index contributed by atoms with van der Waals surface area (Å²) in [5, 5.41) is 7.15. The van der Waals surface area contributed by atoms with Gasteiger partial charge in [0.05, 0.1) is 23.9 Å². The second kappa shape index (κ2) is 8.75. The first-order valence-electron chi connectivity index (χ1n) is 10.3. The van der Waals surface area contributed by atoms with E-state index in [2.05, 4.69) is 53.7 Å². The predicted molar refractivity (Wildman–Crippen MR) is 119 cm³/mol. The lowest BCUT2D eigenvalue weighted by Gasteiger charge is -2.35. The van der Waals surface area contributed by atoms with Crippen molar-refractivity contribution in [2.45, 2.75) is 45.4 Å². The van der Waals surface area contributed by atoms with E-state index in [1.54, 1.807) is 25.6 Å². The molecule has 0 aliphatic carbocycles. The molecule has 11 heteroatoms. The number of aromatic nitrogens is 5. The van der Waals surface area contributed by atoms with E-state index in [-0.39, 0.29) is 12.1 Å². The molecule has 1 N–H and O–H groups in total. The zero-order chi connectivity index (χ0) is 22.0. The van der Waals surface area contributed by atoms with Crippen molar-refractivity contribution in [3.63, 3.8) is 0 Å². The molecule has 1 saturated heterocycles. The fraction of sp³-hybridized carbons (Fsp3) is 0.500. The van der Waals surface area contributed by atoms with Crippen molar-refractivity contribution < 1.29 is 4.74 Å². The number of anilines is 3. The monoisotopic (exact) mass is 422 g/mol. The molecule has 162 valence electrons. The Bertz CT molecular complexity index is 1120. The molecule has 3 aromatic rings. The minimum absolute atomic E-state index is 0.0985. The largest absolute Gasteiger partial charge is 0.381 e. The van der Waals surface area contributed by atoms with Gasteiger partial charge in [-0.1, -0.05) is 5.11 Å². The van der Waals surface area contributed by atoms with Crippen LogP contribution in [0.25, 0.3) is 21.5 Å². The fourth-order valence-electron chi connectivity index (χ4n) is 4.08. The molecule has 0 bridgehead atoms. The number of imidazole rings is 1. The van der Waals surface area contributed by atoms with Crippen LogP contribution in [0.15, 0.2) is 29.6 Å². The molecule has 4 rings (SSSR count). The number of nitrogens with zero attached hydrogens (tertiary/aromatic N) is 9. The number of aryl methyl sites for hydroxylation is 1. The van der Waals surface area contributed by atoms with Gasteiger partial charge in [0.25, 0.3) is 0 Å². The Labute approximate surface area is 180 Å². The molecule has 2 unspecified atom stereocenters. The van der Waals surface area contributed by atoms with Gasteiger partial charge in [-0.3, -0.25) is 0 Å². The molecule has 0 amide bonds. The Morgan fingerprint density at radius 2 is 2.13 bits per heavy atom. The van der Waals surface area contributed by atoms with Crippen LogP contribution in [0.4, 0.5) is 17.6 Å². The second-order valence-electron chi connectivity index (χ2n) is 7.83. The molecule has 1 aliphatic rings. The highest BCUT2D eigenvalue weighted by Crippen LogP contribution is 2.25. The molecular weight excluding hydrogens is 396 g/mol. The maximum atomic E-state index is 8.86. The van der Waals surface area contributed by atoms with Gasteiger partial charge in [-0.25, -0.2) is 15.0 Å². The molecule has 11 nitrogen and oxygen atoms in total. The third kappa shape index (κ3) is 4.23. The van der Waals surface area contributed by atoms with Crippen molar-refractivity contribution in [3.8, 4) is 0 Å². The van der Waals surface area contributed by atoms with Crippen molar-refractivity contribution in [3.05, 3.63) is 40.8 Å². The summed E-state index contributed by atoms with van der Waals surface area (Å²) >= 11 is 0. The maximum absolute atomic E-state index is 8.86. The van der Waals surface area contributed by atoms with Crippen LogP contribution < -0.4 is 10.2 Å². The summed E-state index contributed by atoms with van der Waals surface area (Å²) in [6.07, 6.45) is 4.11. The lowest BCUT2D eigenvalue weighted by atomic mass is 10.0. The summed E-state index contributed by atoms with van der Waals surface area (Å²) in [6, 6.07) is 3.80. The third-order valence-corrected chi connectivity index (χ3v) is 5.47. The number of hydrogen-bond donors (Lipinski definition) is 1. The molecule has 1 fully saturated rings. The highest BCUT2D eigenvalue weighted by atomic mass is 16.5. The Morgan fingerprint density at radius 1 is 1.29 bits per heavy atom. The van der Waals surface area contributed by atoms with Crippen LogP contribution in [0.5, 0.6) is 0 Å². The molecular formula is C20H26N10O. The van der Waals surface area contributed by atoms with Gasteiger partial charge in [0.2, 0.25) is 5.95 Å². The predicted octanol–water partition coefficient (Wildman–Crippen LogP) is 3.76. The molecule has 4 heterocycles. The molecule has 3 aromatic heterocycles. The summed E-state index contributed by atoms with van der Waals surface area (Å²) in [7, 11) is 1.64. The molecule has 0 spiro atoms. The number of pyridine rings is 1. The van der Waals surface area contributed by atoms with Gasteiger partial charge < -0.3 is 19.5 Å². The Kier molecular flexibility index (Phi) is 5.88. The van der Waals surface area contributed by atoms with Gasteiger partial charge in [0, 0.05) is 43.4 Å². The van der Waals surface area contributed by atoms with Crippen LogP contribution in [0.1, 0.15) is 32.1 Å². The zero-order valence-electron chi connectivity index (χ0n) is 18.1. The Balaban J connectivity index is 1.56. The van der Waals surface area contributed by atoms with Crippen LogP contribution in [0.2, 0.25) is 0 Å². The number of methoxy groups -OCH3 is 1. The average Bonchev–Trinajstić information content (AvgIpc) is 3.09. The van der Waals surface area contributed by atoms with Gasteiger partial charge in [0.15, 0.2) is 0 Å². The smallest absolute Gasteiger partial charge is 0.227 e. The molecule has 1 aliphatic heterocycles. The number of azide groups is 1. The molecule has 0 aromatic carbocycles. The van der Waals surface area contributed by atoms with Gasteiger partial charge in [-0.2, -0.15) is 4.98 Å². The van der Waals surface area contributed by atoms with Crippen molar-refractivity contribution in [2.75, 3.05) is 30.4 Å². The SMILES string of the molecule is COC1CCN(c2nccc(Nc3cc4c(cn3)nc(C)n4C(C)C)n2)CC1N=[N+]=[N-]. The minimum atomic E-state index is -0.285.